The summed E-state index contributed by atoms with van der Waals surface area (Å²) in [5.41, 5.74) is 8.74. The highest BCUT2D eigenvalue weighted by atomic mass is 79.9. The van der Waals surface area contributed by atoms with Crippen molar-refractivity contribution in [2.24, 2.45) is 0 Å². The zero-order chi connectivity index (χ0) is 49.0. The van der Waals surface area contributed by atoms with Gasteiger partial charge in [0.05, 0.1) is 4.47 Å². The first-order valence-electron chi connectivity index (χ1n) is 22.8. The van der Waals surface area contributed by atoms with Gasteiger partial charge in [-0.3, -0.25) is 0 Å². The molecule has 8 aromatic rings. The third kappa shape index (κ3) is 22.7. The molecule has 0 aliphatic rings. The maximum Gasteiger partial charge on any atom is 0.134 e. The second kappa shape index (κ2) is 36.2. The van der Waals surface area contributed by atoms with Crippen LogP contribution < -0.4 is 9.47 Å². The van der Waals surface area contributed by atoms with Gasteiger partial charge in [0.25, 0.3) is 0 Å². The van der Waals surface area contributed by atoms with Crippen molar-refractivity contribution in [1.82, 2.24) is 0 Å². The fourth-order valence-corrected chi connectivity index (χ4v) is 6.26. The van der Waals surface area contributed by atoms with E-state index in [9.17, 15) is 5.11 Å². The molecule has 0 aliphatic heterocycles. The number of aromatic hydroxyl groups is 2. The van der Waals surface area contributed by atoms with Crippen LogP contribution in [0.15, 0.2) is 215 Å². The number of benzene rings is 8. The van der Waals surface area contributed by atoms with Crippen molar-refractivity contribution in [3.05, 3.63) is 237 Å². The molecule has 0 saturated carbocycles. The van der Waals surface area contributed by atoms with E-state index in [4.69, 9.17) is 14.6 Å². The number of phenolic OH excluding ortho intramolecular Hbond substituents is 2. The molecule has 348 valence electrons. The predicted octanol–water partition coefficient (Wildman–Crippen LogP) is 18.9. The van der Waals surface area contributed by atoms with Gasteiger partial charge in [0, 0.05) is 21.7 Å². The van der Waals surface area contributed by atoms with E-state index in [1.54, 1.807) is 12.1 Å². The van der Waals surface area contributed by atoms with Crippen LogP contribution in [0.2, 0.25) is 0 Å². The van der Waals surface area contributed by atoms with Gasteiger partial charge in [-0.05, 0) is 106 Å². The minimum atomic E-state index is 0.0715. The van der Waals surface area contributed by atoms with Crippen molar-refractivity contribution in [1.29, 1.82) is 0 Å². The van der Waals surface area contributed by atoms with E-state index < -0.39 is 0 Å². The zero-order valence-electron chi connectivity index (χ0n) is 40.5. The molecular formula is C60H70Br2O4. The summed E-state index contributed by atoms with van der Waals surface area (Å²) in [6.45, 7) is 21.3. The molecular weight excluding hydrogens is 944 g/mol. The molecule has 4 nitrogen and oxygen atoms in total. The van der Waals surface area contributed by atoms with Gasteiger partial charge >= 0.3 is 0 Å². The number of rotatable bonds is 8. The third-order valence-electron chi connectivity index (χ3n) is 8.58. The molecule has 0 amide bonds. The van der Waals surface area contributed by atoms with Crippen LogP contribution in [0.5, 0.6) is 23.0 Å². The summed E-state index contributed by atoms with van der Waals surface area (Å²) in [6, 6.07) is 67.3. The van der Waals surface area contributed by atoms with Crippen LogP contribution in [0.1, 0.15) is 77.6 Å². The van der Waals surface area contributed by atoms with Crippen LogP contribution in [0.25, 0.3) is 22.3 Å². The van der Waals surface area contributed by atoms with Gasteiger partial charge in [0.1, 0.15) is 36.2 Å². The quantitative estimate of drug-likeness (QED) is 0.159. The van der Waals surface area contributed by atoms with E-state index in [2.05, 4.69) is 119 Å². The summed E-state index contributed by atoms with van der Waals surface area (Å²) >= 11 is 6.79. The summed E-state index contributed by atoms with van der Waals surface area (Å²) in [5, 5.41) is 18.7. The maximum atomic E-state index is 9.58. The number of phenols is 2. The first kappa shape index (κ1) is 57.9. The van der Waals surface area contributed by atoms with Gasteiger partial charge in [-0.15, -0.1) is 0 Å². The van der Waals surface area contributed by atoms with Gasteiger partial charge in [-0.25, -0.2) is 0 Å². The lowest BCUT2D eigenvalue weighted by Crippen LogP contribution is -1.97. The lowest BCUT2D eigenvalue weighted by Gasteiger charge is -2.13. The van der Waals surface area contributed by atoms with E-state index >= 15 is 0 Å². The fraction of sp³-hybridized carbons (Fsp3) is 0.200. The number of hydrogen-bond donors (Lipinski definition) is 2. The molecule has 8 aromatic carbocycles. The SMILES string of the molecule is Brc1ccccc1.CC.CC.CC.CC.Cc1ccc(-c2ccccc2)c(OCc2ccccc2)c1.Cc1ccc(Br)c(OCc2ccccc2)c1.Oc1ccc(-c2ccccc2)c(O)c1. The van der Waals surface area contributed by atoms with E-state index in [1.807, 2.05) is 171 Å². The van der Waals surface area contributed by atoms with Gasteiger partial charge in [0.15, 0.2) is 0 Å². The summed E-state index contributed by atoms with van der Waals surface area (Å²) in [6.07, 6.45) is 0. The Morgan fingerprint density at radius 2 is 0.742 bits per heavy atom. The van der Waals surface area contributed by atoms with Crippen LogP contribution in [0, 0.1) is 13.8 Å². The van der Waals surface area contributed by atoms with Crippen LogP contribution in [-0.2, 0) is 13.2 Å². The maximum absolute atomic E-state index is 9.58. The summed E-state index contributed by atoms with van der Waals surface area (Å²) < 4.78 is 13.9. The van der Waals surface area contributed by atoms with Crippen LogP contribution in [0.3, 0.4) is 0 Å². The van der Waals surface area contributed by atoms with Crippen molar-refractivity contribution < 1.29 is 19.7 Å². The Hall–Kier alpha value is -6.08. The molecule has 0 aliphatic carbocycles. The molecule has 0 heterocycles. The van der Waals surface area contributed by atoms with Crippen molar-refractivity contribution in [3.8, 4) is 45.3 Å². The first-order valence-corrected chi connectivity index (χ1v) is 24.4. The molecule has 0 aromatic heterocycles. The summed E-state index contributed by atoms with van der Waals surface area (Å²) in [5.74, 6) is 1.99. The number of ether oxygens (including phenoxy) is 2. The number of aryl methyl sites for hydroxylation is 2. The Labute approximate surface area is 414 Å². The van der Waals surface area contributed by atoms with Gasteiger partial charge < -0.3 is 19.7 Å². The first-order chi connectivity index (χ1) is 32.2. The third-order valence-corrected chi connectivity index (χ3v) is 9.77. The van der Waals surface area contributed by atoms with Crippen LogP contribution in [-0.4, -0.2) is 10.2 Å². The van der Waals surface area contributed by atoms with E-state index in [-0.39, 0.29) is 11.5 Å². The van der Waals surface area contributed by atoms with Crippen molar-refractivity contribution in [2.75, 3.05) is 0 Å². The summed E-state index contributed by atoms with van der Waals surface area (Å²) in [7, 11) is 0. The number of halogens is 2. The largest absolute Gasteiger partial charge is 0.508 e. The smallest absolute Gasteiger partial charge is 0.134 e. The van der Waals surface area contributed by atoms with Crippen LogP contribution in [0.4, 0.5) is 0 Å². The van der Waals surface area contributed by atoms with E-state index in [0.717, 1.165) is 37.1 Å². The second-order valence-corrected chi connectivity index (χ2v) is 15.0. The number of hydrogen-bond acceptors (Lipinski definition) is 4. The topological polar surface area (TPSA) is 58.9 Å². The Kier molecular flexibility index (Phi) is 31.8. The Morgan fingerprint density at radius 1 is 0.379 bits per heavy atom. The molecule has 0 spiro atoms. The molecule has 66 heavy (non-hydrogen) atoms. The minimum Gasteiger partial charge on any atom is -0.508 e. The second-order valence-electron chi connectivity index (χ2n) is 13.2. The average molecular weight is 1020 g/mol. The lowest BCUT2D eigenvalue weighted by atomic mass is 10.0. The zero-order valence-corrected chi connectivity index (χ0v) is 43.7. The highest BCUT2D eigenvalue weighted by Crippen LogP contribution is 2.33. The lowest BCUT2D eigenvalue weighted by molar-refractivity contribution is 0.304. The monoisotopic (exact) mass is 1010 g/mol. The molecule has 0 unspecified atom stereocenters. The van der Waals surface area contributed by atoms with E-state index in [0.29, 0.717) is 13.2 Å². The molecule has 0 atom stereocenters. The highest BCUT2D eigenvalue weighted by Gasteiger charge is 2.07. The van der Waals surface area contributed by atoms with Gasteiger partial charge in [0.2, 0.25) is 0 Å². The minimum absolute atomic E-state index is 0.0715. The van der Waals surface area contributed by atoms with Gasteiger partial charge in [-0.2, -0.15) is 0 Å². The molecule has 8 rings (SSSR count). The Balaban J connectivity index is 0.000000436. The molecule has 2 N–H and O–H groups in total. The molecule has 0 fully saturated rings. The highest BCUT2D eigenvalue weighted by molar-refractivity contribution is 9.10. The molecule has 0 radical (unpaired) electrons. The molecule has 0 saturated heterocycles. The van der Waals surface area contributed by atoms with Crippen molar-refractivity contribution >= 4 is 31.9 Å². The summed E-state index contributed by atoms with van der Waals surface area (Å²) in [4.78, 5) is 0. The standard InChI is InChI=1S/C20H18O.C14H13BrO.C12H10O2.C6H5Br.4C2H6/c1-16-12-13-19(18-10-6-3-7-11-18)20(14-16)21-15-17-8-4-2-5-9-17;1-11-7-8-13(15)14(9-11)16-10-12-5-3-2-4-6-12;13-10-6-7-11(12(14)8-10)9-4-2-1-3-5-9;7-6-4-2-1-3-5-6;4*1-2/h2-14H,15H2,1H3;2-9H,10H2,1H3;1-8,13-14H;1-5H;4*1-2H3. The average Bonchev–Trinajstić information content (AvgIpc) is 3.38. The molecule has 6 heteroatoms. The normalized spacial score (nSPS) is 9.15. The van der Waals surface area contributed by atoms with Crippen molar-refractivity contribution in [2.45, 2.75) is 82.5 Å². The van der Waals surface area contributed by atoms with E-state index in [1.165, 1.54) is 33.9 Å². The Bertz CT molecular complexity index is 2390. The van der Waals surface area contributed by atoms with Crippen molar-refractivity contribution in [3.63, 3.8) is 0 Å². The molecule has 0 bridgehead atoms. The van der Waals surface area contributed by atoms with Crippen LogP contribution >= 0.6 is 31.9 Å². The predicted molar refractivity (Wildman–Crippen MR) is 292 cm³/mol. The Morgan fingerprint density at radius 3 is 1.17 bits per heavy atom. The van der Waals surface area contributed by atoms with Gasteiger partial charge in [-0.1, -0.05) is 229 Å². The fourth-order valence-electron chi connectivity index (χ4n) is 5.59.